The molecule has 0 aliphatic rings. The summed E-state index contributed by atoms with van der Waals surface area (Å²) >= 11 is 0. The second kappa shape index (κ2) is 6.19. The fourth-order valence-electron chi connectivity index (χ4n) is 1.87. The molecule has 0 amide bonds. The molecule has 0 bridgehead atoms. The molecule has 0 aliphatic heterocycles. The highest BCUT2D eigenvalue weighted by atomic mass is 14.3. The van der Waals surface area contributed by atoms with E-state index in [0.29, 0.717) is 16.7 Å². The molecular formula is C17H12N2. The molecule has 0 unspecified atom stereocenters. The molecule has 0 saturated heterocycles. The normalized spacial score (nSPS) is 10.0. The molecule has 0 N–H and O–H groups in total. The van der Waals surface area contributed by atoms with Gasteiger partial charge in [0.1, 0.15) is 0 Å². The van der Waals surface area contributed by atoms with E-state index in [2.05, 4.69) is 12.1 Å². The Balaban J connectivity index is 2.24. The largest absolute Gasteiger partial charge is 0.192 e. The summed E-state index contributed by atoms with van der Waals surface area (Å²) in [6.07, 6.45) is 4.61. The minimum Gasteiger partial charge on any atom is -0.192 e. The van der Waals surface area contributed by atoms with E-state index in [-0.39, 0.29) is 0 Å². The maximum Gasteiger partial charge on any atom is 0.0998 e. The molecule has 2 aromatic rings. The molecule has 0 heterocycles. The standard InChI is InChI=1S/C17H12N2/c18-12-15-9-5-10-16(13-19)17(15)11-4-8-14-6-2-1-3-7-14/h1-7,9-11H,8H2/b11-4+. The molecule has 0 saturated carbocycles. The van der Waals surface area contributed by atoms with Crippen LogP contribution in [0.15, 0.2) is 54.6 Å². The predicted octanol–water partition coefficient (Wildman–Crippen LogP) is 3.69. The van der Waals surface area contributed by atoms with Gasteiger partial charge in [0.2, 0.25) is 0 Å². The minimum atomic E-state index is 0.531. The molecule has 2 aromatic carbocycles. The molecule has 0 radical (unpaired) electrons. The average molecular weight is 244 g/mol. The number of nitrogens with zero attached hydrogens (tertiary/aromatic N) is 2. The summed E-state index contributed by atoms with van der Waals surface area (Å²) in [6, 6.07) is 19.5. The second-order valence-electron chi connectivity index (χ2n) is 4.08. The van der Waals surface area contributed by atoms with Crippen LogP contribution in [0.2, 0.25) is 0 Å². The zero-order chi connectivity index (χ0) is 13.5. The first kappa shape index (κ1) is 12.6. The predicted molar refractivity (Wildman–Crippen MR) is 75.1 cm³/mol. The molecule has 90 valence electrons. The number of hydrogen-bond donors (Lipinski definition) is 0. The van der Waals surface area contributed by atoms with Crippen LogP contribution in [-0.4, -0.2) is 0 Å². The summed E-state index contributed by atoms with van der Waals surface area (Å²) in [5.41, 5.74) is 2.96. The van der Waals surface area contributed by atoms with Crippen LogP contribution in [0.4, 0.5) is 0 Å². The van der Waals surface area contributed by atoms with Crippen molar-refractivity contribution >= 4 is 6.08 Å². The van der Waals surface area contributed by atoms with Gasteiger partial charge in [-0.1, -0.05) is 48.6 Å². The molecule has 19 heavy (non-hydrogen) atoms. The van der Waals surface area contributed by atoms with E-state index in [1.807, 2.05) is 42.5 Å². The van der Waals surface area contributed by atoms with Gasteiger partial charge in [0.25, 0.3) is 0 Å². The molecular weight excluding hydrogens is 232 g/mol. The Morgan fingerprint density at radius 2 is 1.47 bits per heavy atom. The van der Waals surface area contributed by atoms with E-state index in [1.54, 1.807) is 18.2 Å². The van der Waals surface area contributed by atoms with Crippen LogP contribution in [0, 0.1) is 22.7 Å². The van der Waals surface area contributed by atoms with Gasteiger partial charge in [0.05, 0.1) is 23.3 Å². The maximum atomic E-state index is 9.06. The molecule has 0 atom stereocenters. The lowest BCUT2D eigenvalue weighted by Gasteiger charge is -2.00. The van der Waals surface area contributed by atoms with Crippen molar-refractivity contribution in [3.8, 4) is 12.1 Å². The first-order valence-corrected chi connectivity index (χ1v) is 5.99. The smallest absolute Gasteiger partial charge is 0.0998 e. The summed E-state index contributed by atoms with van der Waals surface area (Å²) in [5.74, 6) is 0. The Morgan fingerprint density at radius 3 is 2.05 bits per heavy atom. The van der Waals surface area contributed by atoms with Crippen molar-refractivity contribution in [2.45, 2.75) is 6.42 Å². The van der Waals surface area contributed by atoms with Gasteiger partial charge in [-0.25, -0.2) is 0 Å². The third kappa shape index (κ3) is 3.09. The van der Waals surface area contributed by atoms with Crippen LogP contribution in [-0.2, 0) is 6.42 Å². The Labute approximate surface area is 112 Å². The molecule has 0 aromatic heterocycles. The number of allylic oxidation sites excluding steroid dienone is 1. The summed E-state index contributed by atoms with van der Waals surface area (Å²) in [6.45, 7) is 0. The highest BCUT2D eigenvalue weighted by Gasteiger charge is 2.03. The van der Waals surface area contributed by atoms with Crippen molar-refractivity contribution in [2.75, 3.05) is 0 Å². The lowest BCUT2D eigenvalue weighted by atomic mass is 10.0. The molecule has 2 rings (SSSR count). The monoisotopic (exact) mass is 244 g/mol. The molecule has 2 nitrogen and oxygen atoms in total. The summed E-state index contributed by atoms with van der Waals surface area (Å²) in [4.78, 5) is 0. The van der Waals surface area contributed by atoms with Gasteiger partial charge in [-0.2, -0.15) is 10.5 Å². The van der Waals surface area contributed by atoms with Crippen molar-refractivity contribution in [3.05, 3.63) is 76.9 Å². The van der Waals surface area contributed by atoms with Crippen LogP contribution >= 0.6 is 0 Å². The highest BCUT2D eigenvalue weighted by Crippen LogP contribution is 2.16. The van der Waals surface area contributed by atoms with Crippen LogP contribution in [0.5, 0.6) is 0 Å². The van der Waals surface area contributed by atoms with Gasteiger partial charge in [0, 0.05) is 5.56 Å². The summed E-state index contributed by atoms with van der Waals surface area (Å²) < 4.78 is 0. The topological polar surface area (TPSA) is 47.6 Å². The van der Waals surface area contributed by atoms with E-state index in [4.69, 9.17) is 10.5 Å². The van der Waals surface area contributed by atoms with Gasteiger partial charge in [0.15, 0.2) is 0 Å². The van der Waals surface area contributed by atoms with Crippen molar-refractivity contribution in [3.63, 3.8) is 0 Å². The molecule has 2 heteroatoms. The number of nitriles is 2. The van der Waals surface area contributed by atoms with Crippen molar-refractivity contribution in [1.29, 1.82) is 10.5 Å². The van der Waals surface area contributed by atoms with Gasteiger partial charge >= 0.3 is 0 Å². The van der Waals surface area contributed by atoms with Gasteiger partial charge in [-0.05, 0) is 24.1 Å². The van der Waals surface area contributed by atoms with Gasteiger partial charge < -0.3 is 0 Å². The SMILES string of the molecule is N#Cc1cccc(C#N)c1/C=C/Cc1ccccc1. The van der Waals surface area contributed by atoms with E-state index in [1.165, 1.54) is 5.56 Å². The molecule has 0 fully saturated rings. The van der Waals surface area contributed by atoms with Crippen molar-refractivity contribution in [1.82, 2.24) is 0 Å². The number of hydrogen-bond acceptors (Lipinski definition) is 2. The van der Waals surface area contributed by atoms with Crippen molar-refractivity contribution < 1.29 is 0 Å². The Morgan fingerprint density at radius 1 is 0.842 bits per heavy atom. The van der Waals surface area contributed by atoms with Gasteiger partial charge in [-0.3, -0.25) is 0 Å². The van der Waals surface area contributed by atoms with Crippen LogP contribution in [0.25, 0.3) is 6.08 Å². The zero-order valence-electron chi connectivity index (χ0n) is 10.4. The molecule has 0 spiro atoms. The first-order valence-electron chi connectivity index (χ1n) is 5.99. The fourth-order valence-corrected chi connectivity index (χ4v) is 1.87. The Hall–Kier alpha value is -2.84. The van der Waals surface area contributed by atoms with E-state index < -0.39 is 0 Å². The second-order valence-corrected chi connectivity index (χ2v) is 4.08. The van der Waals surface area contributed by atoms with Crippen LogP contribution in [0.3, 0.4) is 0 Å². The highest BCUT2D eigenvalue weighted by molar-refractivity contribution is 5.65. The third-order valence-corrected chi connectivity index (χ3v) is 2.83. The average Bonchev–Trinajstić information content (AvgIpc) is 2.48. The third-order valence-electron chi connectivity index (χ3n) is 2.83. The lowest BCUT2D eigenvalue weighted by Crippen LogP contribution is -1.88. The quantitative estimate of drug-likeness (QED) is 0.826. The number of benzene rings is 2. The zero-order valence-corrected chi connectivity index (χ0v) is 10.4. The Kier molecular flexibility index (Phi) is 4.11. The van der Waals surface area contributed by atoms with Crippen LogP contribution in [0.1, 0.15) is 22.3 Å². The minimum absolute atomic E-state index is 0.531. The van der Waals surface area contributed by atoms with E-state index in [9.17, 15) is 0 Å². The van der Waals surface area contributed by atoms with Crippen molar-refractivity contribution in [2.24, 2.45) is 0 Å². The van der Waals surface area contributed by atoms with Gasteiger partial charge in [-0.15, -0.1) is 0 Å². The van der Waals surface area contributed by atoms with Crippen LogP contribution < -0.4 is 0 Å². The lowest BCUT2D eigenvalue weighted by molar-refractivity contribution is 1.28. The van der Waals surface area contributed by atoms with E-state index in [0.717, 1.165) is 6.42 Å². The summed E-state index contributed by atoms with van der Waals surface area (Å²) in [7, 11) is 0. The molecule has 0 aliphatic carbocycles. The number of rotatable bonds is 3. The first-order chi connectivity index (χ1) is 9.35. The fraction of sp³-hybridized carbons (Fsp3) is 0.0588. The summed E-state index contributed by atoms with van der Waals surface area (Å²) in [5, 5.41) is 18.1. The maximum absolute atomic E-state index is 9.06. The Bertz CT molecular complexity index is 638. The van der Waals surface area contributed by atoms with E-state index >= 15 is 0 Å².